The van der Waals surface area contributed by atoms with Crippen molar-refractivity contribution >= 4 is 0 Å². The van der Waals surface area contributed by atoms with E-state index in [1.165, 1.54) is 32.1 Å². The zero-order valence-electron chi connectivity index (χ0n) is 11.2. The van der Waals surface area contributed by atoms with E-state index in [1.807, 2.05) is 0 Å². The Kier molecular flexibility index (Phi) is 6.48. The van der Waals surface area contributed by atoms with Crippen LogP contribution in [-0.2, 0) is 0 Å². The van der Waals surface area contributed by atoms with Crippen molar-refractivity contribution in [2.45, 2.75) is 73.6 Å². The van der Waals surface area contributed by atoms with Gasteiger partial charge in [0.2, 0.25) is 0 Å². The van der Waals surface area contributed by atoms with Crippen LogP contribution in [0, 0.1) is 17.3 Å². The molecule has 0 spiro atoms. The summed E-state index contributed by atoms with van der Waals surface area (Å²) in [5.41, 5.74) is 0.532. The van der Waals surface area contributed by atoms with Crippen molar-refractivity contribution in [3.63, 3.8) is 0 Å². The van der Waals surface area contributed by atoms with Gasteiger partial charge in [-0.15, -0.1) is 0 Å². The lowest BCUT2D eigenvalue weighted by atomic mass is 9.71. The van der Waals surface area contributed by atoms with E-state index in [2.05, 4.69) is 41.5 Å². The molecule has 0 aromatic carbocycles. The van der Waals surface area contributed by atoms with Gasteiger partial charge in [0, 0.05) is 0 Å². The van der Waals surface area contributed by atoms with Gasteiger partial charge in [-0.3, -0.25) is 0 Å². The van der Waals surface area contributed by atoms with E-state index in [4.69, 9.17) is 0 Å². The molecule has 14 heavy (non-hydrogen) atoms. The summed E-state index contributed by atoms with van der Waals surface area (Å²) in [6.07, 6.45) is 6.84. The largest absolute Gasteiger partial charge is 0.0654 e. The van der Waals surface area contributed by atoms with Crippen LogP contribution in [-0.4, -0.2) is 0 Å². The summed E-state index contributed by atoms with van der Waals surface area (Å²) in [4.78, 5) is 0. The van der Waals surface area contributed by atoms with Gasteiger partial charge >= 0.3 is 0 Å². The highest BCUT2D eigenvalue weighted by atomic mass is 14.3. The molecule has 0 heteroatoms. The van der Waals surface area contributed by atoms with Crippen LogP contribution in [0.3, 0.4) is 0 Å². The standard InChI is InChI=1S/C14H30/c1-7-9-10-13(4)14(5,6)11-12(3)8-2/h12-13H,7-11H2,1-6H3. The third-order valence-corrected chi connectivity index (χ3v) is 3.90. The molecule has 0 saturated carbocycles. The minimum Gasteiger partial charge on any atom is -0.0654 e. The third-order valence-electron chi connectivity index (χ3n) is 3.90. The molecule has 0 aromatic heterocycles. The Morgan fingerprint density at radius 1 is 1.07 bits per heavy atom. The smallest absolute Gasteiger partial charge is 0.0326 e. The topological polar surface area (TPSA) is 0 Å². The van der Waals surface area contributed by atoms with E-state index in [0.29, 0.717) is 5.41 Å². The fourth-order valence-corrected chi connectivity index (χ4v) is 2.14. The van der Waals surface area contributed by atoms with Crippen LogP contribution in [0.25, 0.3) is 0 Å². The minimum absolute atomic E-state index is 0.532. The van der Waals surface area contributed by atoms with Gasteiger partial charge in [-0.2, -0.15) is 0 Å². The maximum atomic E-state index is 2.44. The van der Waals surface area contributed by atoms with Gasteiger partial charge < -0.3 is 0 Å². The van der Waals surface area contributed by atoms with E-state index in [1.54, 1.807) is 0 Å². The summed E-state index contributed by atoms with van der Waals surface area (Å²) >= 11 is 0. The van der Waals surface area contributed by atoms with E-state index in [-0.39, 0.29) is 0 Å². The van der Waals surface area contributed by atoms with Gasteiger partial charge in [0.05, 0.1) is 0 Å². The zero-order chi connectivity index (χ0) is 11.2. The monoisotopic (exact) mass is 198 g/mol. The summed E-state index contributed by atoms with van der Waals surface area (Å²) < 4.78 is 0. The molecule has 0 bridgehead atoms. The van der Waals surface area contributed by atoms with Crippen molar-refractivity contribution in [3.8, 4) is 0 Å². The number of hydrogen-bond acceptors (Lipinski definition) is 0. The molecule has 0 saturated heterocycles. The number of unbranched alkanes of at least 4 members (excludes halogenated alkanes) is 1. The van der Waals surface area contributed by atoms with Crippen molar-refractivity contribution < 1.29 is 0 Å². The van der Waals surface area contributed by atoms with Crippen molar-refractivity contribution in [3.05, 3.63) is 0 Å². The Hall–Kier alpha value is 0. The predicted octanol–water partition coefficient (Wildman–Crippen LogP) is 5.28. The molecular formula is C14H30. The number of rotatable bonds is 7. The van der Waals surface area contributed by atoms with E-state index in [9.17, 15) is 0 Å². The first-order valence-corrected chi connectivity index (χ1v) is 6.44. The summed E-state index contributed by atoms with van der Waals surface area (Å²) in [5.74, 6) is 1.76. The third kappa shape index (κ3) is 5.02. The fourth-order valence-electron chi connectivity index (χ4n) is 2.14. The molecule has 0 aromatic rings. The van der Waals surface area contributed by atoms with Gasteiger partial charge in [0.25, 0.3) is 0 Å². The Morgan fingerprint density at radius 3 is 2.07 bits per heavy atom. The molecule has 0 N–H and O–H groups in total. The van der Waals surface area contributed by atoms with Crippen LogP contribution in [0.15, 0.2) is 0 Å². The zero-order valence-corrected chi connectivity index (χ0v) is 11.2. The molecule has 0 aliphatic rings. The highest BCUT2D eigenvalue weighted by molar-refractivity contribution is 4.77. The van der Waals surface area contributed by atoms with Crippen LogP contribution in [0.1, 0.15) is 73.6 Å². The fraction of sp³-hybridized carbons (Fsp3) is 1.00. The molecule has 0 radical (unpaired) electrons. The van der Waals surface area contributed by atoms with Gasteiger partial charge in [-0.1, -0.05) is 67.2 Å². The highest BCUT2D eigenvalue weighted by Gasteiger charge is 2.26. The first-order chi connectivity index (χ1) is 6.44. The lowest BCUT2D eigenvalue weighted by molar-refractivity contribution is 0.166. The van der Waals surface area contributed by atoms with Gasteiger partial charge in [-0.05, 0) is 23.7 Å². The second-order valence-electron chi connectivity index (χ2n) is 5.75. The summed E-state index contributed by atoms with van der Waals surface area (Å²) in [6, 6.07) is 0. The molecule has 0 nitrogen and oxygen atoms in total. The van der Waals surface area contributed by atoms with E-state index in [0.717, 1.165) is 11.8 Å². The van der Waals surface area contributed by atoms with Gasteiger partial charge in [-0.25, -0.2) is 0 Å². The van der Waals surface area contributed by atoms with Gasteiger partial charge in [0.15, 0.2) is 0 Å². The molecule has 2 atom stereocenters. The summed E-state index contributed by atoms with van der Waals surface area (Å²) in [5, 5.41) is 0. The first-order valence-electron chi connectivity index (χ1n) is 6.44. The Balaban J connectivity index is 4.01. The molecule has 0 aliphatic heterocycles. The maximum absolute atomic E-state index is 2.44. The molecular weight excluding hydrogens is 168 g/mol. The SMILES string of the molecule is CCCCC(C)C(C)(C)CC(C)CC. The van der Waals surface area contributed by atoms with Crippen LogP contribution < -0.4 is 0 Å². The molecule has 0 heterocycles. The molecule has 0 rings (SSSR count). The number of hydrogen-bond donors (Lipinski definition) is 0. The summed E-state index contributed by atoms with van der Waals surface area (Å²) in [7, 11) is 0. The van der Waals surface area contributed by atoms with Crippen LogP contribution in [0.4, 0.5) is 0 Å². The Labute approximate surface area is 91.5 Å². The minimum atomic E-state index is 0.532. The van der Waals surface area contributed by atoms with Crippen molar-refractivity contribution in [1.29, 1.82) is 0 Å². The molecule has 0 fully saturated rings. The lowest BCUT2D eigenvalue weighted by Crippen LogP contribution is -2.24. The molecule has 2 unspecified atom stereocenters. The average molecular weight is 198 g/mol. The maximum Gasteiger partial charge on any atom is -0.0326 e. The van der Waals surface area contributed by atoms with E-state index >= 15 is 0 Å². The molecule has 0 amide bonds. The second-order valence-corrected chi connectivity index (χ2v) is 5.75. The summed E-state index contributed by atoms with van der Waals surface area (Å²) in [6.45, 7) is 14.3. The van der Waals surface area contributed by atoms with Crippen LogP contribution >= 0.6 is 0 Å². The molecule has 0 aliphatic carbocycles. The van der Waals surface area contributed by atoms with Crippen molar-refractivity contribution in [1.82, 2.24) is 0 Å². The predicted molar refractivity (Wildman–Crippen MR) is 66.5 cm³/mol. The first kappa shape index (κ1) is 14.0. The molecule has 86 valence electrons. The van der Waals surface area contributed by atoms with Crippen molar-refractivity contribution in [2.75, 3.05) is 0 Å². The second kappa shape index (κ2) is 6.48. The van der Waals surface area contributed by atoms with Gasteiger partial charge in [0.1, 0.15) is 0 Å². The average Bonchev–Trinajstić information content (AvgIpc) is 2.13. The normalized spacial score (nSPS) is 16.7. The Morgan fingerprint density at radius 2 is 1.64 bits per heavy atom. The van der Waals surface area contributed by atoms with Crippen LogP contribution in [0.5, 0.6) is 0 Å². The Bertz CT molecular complexity index is 135. The van der Waals surface area contributed by atoms with Crippen LogP contribution in [0.2, 0.25) is 0 Å². The van der Waals surface area contributed by atoms with E-state index < -0.39 is 0 Å². The van der Waals surface area contributed by atoms with Crippen molar-refractivity contribution in [2.24, 2.45) is 17.3 Å². The quantitative estimate of drug-likeness (QED) is 0.522. The highest BCUT2D eigenvalue weighted by Crippen LogP contribution is 2.37. The lowest BCUT2D eigenvalue weighted by Gasteiger charge is -2.34.